The van der Waals surface area contributed by atoms with Gasteiger partial charge in [0.05, 0.1) is 0 Å². The molecule has 1 aliphatic carbocycles. The Morgan fingerprint density at radius 2 is 1.65 bits per heavy atom. The van der Waals surface area contributed by atoms with E-state index in [1.54, 1.807) is 36.6 Å². The van der Waals surface area contributed by atoms with Crippen LogP contribution < -0.4 is 5.32 Å². The minimum absolute atomic E-state index is 0.0159. The first-order valence-electron chi connectivity index (χ1n) is 9.37. The molecule has 26 heavy (non-hydrogen) atoms. The second-order valence-electron chi connectivity index (χ2n) is 8.05. The molecule has 146 valence electrons. The Kier molecular flexibility index (Phi) is 6.67. The lowest BCUT2D eigenvalue weighted by Gasteiger charge is -2.34. The van der Waals surface area contributed by atoms with Crippen LogP contribution in [0.5, 0.6) is 0 Å². The molecule has 2 aliphatic rings. The highest BCUT2D eigenvalue weighted by atomic mass is 16.6. The van der Waals surface area contributed by atoms with Crippen molar-refractivity contribution in [3.05, 3.63) is 11.6 Å². The van der Waals surface area contributed by atoms with Crippen LogP contribution in [-0.4, -0.2) is 66.0 Å². The van der Waals surface area contributed by atoms with Gasteiger partial charge in [-0.3, -0.25) is 9.59 Å². The van der Waals surface area contributed by atoms with Gasteiger partial charge in [0.1, 0.15) is 5.60 Å². The smallest absolute Gasteiger partial charge is 0.407 e. The average molecular weight is 365 g/mol. The number of hydrogen-bond donors (Lipinski definition) is 1. The lowest BCUT2D eigenvalue weighted by Crippen LogP contribution is -2.50. The van der Waals surface area contributed by atoms with Crippen molar-refractivity contribution < 1.29 is 19.1 Å². The Balaban J connectivity index is 1.67. The first kappa shape index (κ1) is 20.3. The van der Waals surface area contributed by atoms with Crippen LogP contribution in [0.2, 0.25) is 0 Å². The Labute approximate surface area is 155 Å². The van der Waals surface area contributed by atoms with Crippen molar-refractivity contribution in [1.82, 2.24) is 15.1 Å². The fourth-order valence-electron chi connectivity index (χ4n) is 2.86. The van der Waals surface area contributed by atoms with E-state index in [1.807, 2.05) is 6.92 Å². The third kappa shape index (κ3) is 6.69. The topological polar surface area (TPSA) is 79.0 Å². The summed E-state index contributed by atoms with van der Waals surface area (Å²) < 4.78 is 5.13. The highest BCUT2D eigenvalue weighted by Gasteiger charge is 2.26. The van der Waals surface area contributed by atoms with Crippen LogP contribution >= 0.6 is 0 Å². The van der Waals surface area contributed by atoms with Gasteiger partial charge in [0.15, 0.2) is 0 Å². The van der Waals surface area contributed by atoms with Gasteiger partial charge in [-0.1, -0.05) is 5.57 Å². The molecular weight excluding hydrogens is 334 g/mol. The van der Waals surface area contributed by atoms with Crippen molar-refractivity contribution in [2.45, 2.75) is 52.6 Å². The zero-order valence-electron chi connectivity index (χ0n) is 16.3. The van der Waals surface area contributed by atoms with E-state index in [0.717, 1.165) is 0 Å². The summed E-state index contributed by atoms with van der Waals surface area (Å²) in [6.45, 7) is 9.82. The molecule has 1 N–H and O–H groups in total. The summed E-state index contributed by atoms with van der Waals surface area (Å²) in [6.07, 6.45) is 3.84. The standard InChI is InChI=1S/C19H31N3O4/c1-14(15-5-6-15)13-17(24)22-11-9-21(10-12-22)16(23)7-8-20-18(25)26-19(2,3)4/h13,15H,5-12H2,1-4H3,(H,20,25)/b14-13+. The molecule has 1 saturated heterocycles. The van der Waals surface area contributed by atoms with E-state index < -0.39 is 11.7 Å². The number of carbonyl (C=O) groups excluding carboxylic acids is 3. The van der Waals surface area contributed by atoms with E-state index in [4.69, 9.17) is 4.74 Å². The minimum Gasteiger partial charge on any atom is -0.444 e. The van der Waals surface area contributed by atoms with Gasteiger partial charge < -0.3 is 19.9 Å². The number of hydrogen-bond acceptors (Lipinski definition) is 4. The molecule has 0 atom stereocenters. The second kappa shape index (κ2) is 8.56. The number of amides is 3. The van der Waals surface area contributed by atoms with Crippen molar-refractivity contribution in [1.29, 1.82) is 0 Å². The normalized spacial score (nSPS) is 18.5. The predicted octanol–water partition coefficient (Wildman–Crippen LogP) is 1.93. The third-order valence-electron chi connectivity index (χ3n) is 4.52. The van der Waals surface area contributed by atoms with E-state index in [9.17, 15) is 14.4 Å². The van der Waals surface area contributed by atoms with E-state index in [0.29, 0.717) is 32.1 Å². The highest BCUT2D eigenvalue weighted by Crippen LogP contribution is 2.36. The zero-order chi connectivity index (χ0) is 19.3. The summed E-state index contributed by atoms with van der Waals surface area (Å²) in [7, 11) is 0. The maximum Gasteiger partial charge on any atom is 0.407 e. The lowest BCUT2D eigenvalue weighted by molar-refractivity contribution is -0.137. The summed E-state index contributed by atoms with van der Waals surface area (Å²) in [5, 5.41) is 2.59. The third-order valence-corrected chi connectivity index (χ3v) is 4.52. The van der Waals surface area contributed by atoms with Gasteiger partial charge in [0, 0.05) is 45.2 Å². The summed E-state index contributed by atoms with van der Waals surface area (Å²) in [4.78, 5) is 39.6. The number of piperazine rings is 1. The molecule has 1 aliphatic heterocycles. The molecule has 0 unspecified atom stereocenters. The van der Waals surface area contributed by atoms with Crippen molar-refractivity contribution in [3.8, 4) is 0 Å². The zero-order valence-corrected chi connectivity index (χ0v) is 16.3. The van der Waals surface area contributed by atoms with E-state index in [1.165, 1.54) is 18.4 Å². The molecule has 3 amide bonds. The largest absolute Gasteiger partial charge is 0.444 e. The van der Waals surface area contributed by atoms with Crippen molar-refractivity contribution in [3.63, 3.8) is 0 Å². The fraction of sp³-hybridized carbons (Fsp3) is 0.737. The molecule has 7 heteroatoms. The first-order chi connectivity index (χ1) is 12.2. The maximum absolute atomic E-state index is 12.3. The minimum atomic E-state index is -0.552. The van der Waals surface area contributed by atoms with Crippen molar-refractivity contribution in [2.24, 2.45) is 5.92 Å². The number of nitrogens with one attached hydrogen (secondary N) is 1. The van der Waals surface area contributed by atoms with Crippen molar-refractivity contribution >= 4 is 17.9 Å². The molecule has 0 aromatic heterocycles. The fourth-order valence-corrected chi connectivity index (χ4v) is 2.86. The molecule has 0 radical (unpaired) electrons. The van der Waals surface area contributed by atoms with Crippen LogP contribution in [0.4, 0.5) is 4.79 Å². The lowest BCUT2D eigenvalue weighted by atomic mass is 10.1. The van der Waals surface area contributed by atoms with Crippen LogP contribution in [-0.2, 0) is 14.3 Å². The van der Waals surface area contributed by atoms with Gasteiger partial charge >= 0.3 is 6.09 Å². The molecular formula is C19H31N3O4. The molecule has 2 fully saturated rings. The number of alkyl carbamates (subject to hydrolysis) is 1. The van der Waals surface area contributed by atoms with Crippen LogP contribution in [0, 0.1) is 5.92 Å². The van der Waals surface area contributed by atoms with Gasteiger partial charge in [0.25, 0.3) is 0 Å². The molecule has 0 aromatic rings. The Hall–Kier alpha value is -2.05. The number of allylic oxidation sites excluding steroid dienone is 1. The monoisotopic (exact) mass is 365 g/mol. The van der Waals surface area contributed by atoms with Gasteiger partial charge in [-0.2, -0.15) is 0 Å². The summed E-state index contributed by atoms with van der Waals surface area (Å²) in [5.74, 6) is 0.630. The van der Waals surface area contributed by atoms with Crippen LogP contribution in [0.3, 0.4) is 0 Å². The second-order valence-corrected chi connectivity index (χ2v) is 8.05. The molecule has 0 bridgehead atoms. The highest BCUT2D eigenvalue weighted by molar-refractivity contribution is 5.88. The van der Waals surface area contributed by atoms with Gasteiger partial charge in [-0.25, -0.2) is 4.79 Å². The molecule has 0 aromatic carbocycles. The Morgan fingerprint density at radius 1 is 1.08 bits per heavy atom. The van der Waals surface area contributed by atoms with Crippen LogP contribution in [0.25, 0.3) is 0 Å². The predicted molar refractivity (Wildman–Crippen MR) is 98.5 cm³/mol. The first-order valence-corrected chi connectivity index (χ1v) is 9.37. The molecule has 7 nitrogen and oxygen atoms in total. The number of rotatable bonds is 5. The number of nitrogens with zero attached hydrogens (tertiary/aromatic N) is 2. The summed E-state index contributed by atoms with van der Waals surface area (Å²) >= 11 is 0. The van der Waals surface area contributed by atoms with E-state index >= 15 is 0 Å². The van der Waals surface area contributed by atoms with Gasteiger partial charge in [0.2, 0.25) is 11.8 Å². The van der Waals surface area contributed by atoms with Crippen LogP contribution in [0.15, 0.2) is 11.6 Å². The molecule has 1 heterocycles. The quantitative estimate of drug-likeness (QED) is 0.755. The number of ether oxygens (including phenoxy) is 1. The van der Waals surface area contributed by atoms with Gasteiger partial charge in [-0.15, -0.1) is 0 Å². The maximum atomic E-state index is 12.3. The molecule has 2 rings (SSSR count). The van der Waals surface area contributed by atoms with Crippen LogP contribution in [0.1, 0.15) is 47.0 Å². The molecule has 1 saturated carbocycles. The number of carbonyl (C=O) groups is 3. The summed E-state index contributed by atoms with van der Waals surface area (Å²) in [5.41, 5.74) is 0.616. The SMILES string of the molecule is C/C(=C\C(=O)N1CCN(C(=O)CCNC(=O)OC(C)(C)C)CC1)C1CC1. The van der Waals surface area contributed by atoms with Crippen molar-refractivity contribution in [2.75, 3.05) is 32.7 Å². The van der Waals surface area contributed by atoms with E-state index in [-0.39, 0.29) is 24.8 Å². The Bertz CT molecular complexity index is 568. The average Bonchev–Trinajstić information content (AvgIpc) is 3.38. The molecule has 0 spiro atoms. The Morgan fingerprint density at radius 3 is 2.19 bits per heavy atom. The van der Waals surface area contributed by atoms with E-state index in [2.05, 4.69) is 5.32 Å². The summed E-state index contributed by atoms with van der Waals surface area (Å²) in [6, 6.07) is 0. The van der Waals surface area contributed by atoms with Gasteiger partial charge in [-0.05, 0) is 46.5 Å².